The minimum atomic E-state index is -0.472. The van der Waals surface area contributed by atoms with Crippen LogP contribution in [0.5, 0.6) is 0 Å². The third-order valence-electron chi connectivity index (χ3n) is 2.66. The predicted octanol–water partition coefficient (Wildman–Crippen LogP) is 3.06. The molecule has 1 aromatic heterocycles. The summed E-state index contributed by atoms with van der Waals surface area (Å²) in [5.41, 5.74) is 1.10. The van der Waals surface area contributed by atoms with Crippen molar-refractivity contribution in [3.8, 4) is 6.07 Å². The number of nitrogens with zero attached hydrogens (tertiary/aromatic N) is 4. The predicted molar refractivity (Wildman–Crippen MR) is 81.9 cm³/mol. The lowest BCUT2D eigenvalue weighted by Gasteiger charge is -2.24. The highest BCUT2D eigenvalue weighted by molar-refractivity contribution is 8.01. The van der Waals surface area contributed by atoms with Gasteiger partial charge in [0.25, 0.3) is 0 Å². The van der Waals surface area contributed by atoms with Gasteiger partial charge in [-0.25, -0.2) is 9.67 Å². The van der Waals surface area contributed by atoms with Gasteiger partial charge >= 0.3 is 0 Å². The highest BCUT2D eigenvalue weighted by Crippen LogP contribution is 2.36. The SMILES string of the molecule is CC(C)(C)SC(C(=O)c1ccc(C#N)cc1)n1cncn1. The van der Waals surface area contributed by atoms with Gasteiger partial charge in [-0.05, 0) is 24.3 Å². The standard InChI is InChI=1S/C15H16N4OS/c1-15(2,3)21-14(19-10-17-9-18-19)13(20)12-6-4-11(8-16)5-7-12/h4-7,9-10,14H,1-3H3. The van der Waals surface area contributed by atoms with Crippen molar-refractivity contribution in [1.82, 2.24) is 14.8 Å². The Morgan fingerprint density at radius 3 is 2.48 bits per heavy atom. The molecule has 0 bridgehead atoms. The number of carbonyl (C=O) groups excluding carboxylic acids is 1. The van der Waals surface area contributed by atoms with Crippen LogP contribution in [0, 0.1) is 11.3 Å². The van der Waals surface area contributed by atoms with Crippen LogP contribution in [-0.2, 0) is 0 Å². The first-order valence-corrected chi connectivity index (χ1v) is 7.35. The molecule has 0 spiro atoms. The zero-order valence-corrected chi connectivity index (χ0v) is 13.0. The van der Waals surface area contributed by atoms with Crippen LogP contribution < -0.4 is 0 Å². The summed E-state index contributed by atoms with van der Waals surface area (Å²) in [6.07, 6.45) is 2.97. The van der Waals surface area contributed by atoms with Crippen molar-refractivity contribution >= 4 is 17.5 Å². The zero-order chi connectivity index (χ0) is 15.5. The van der Waals surface area contributed by atoms with E-state index in [9.17, 15) is 4.79 Å². The van der Waals surface area contributed by atoms with Gasteiger partial charge in [0.05, 0.1) is 11.6 Å². The number of ketones is 1. The normalized spacial score (nSPS) is 12.7. The lowest BCUT2D eigenvalue weighted by molar-refractivity contribution is 0.0962. The van der Waals surface area contributed by atoms with Gasteiger partial charge in [-0.15, -0.1) is 11.8 Å². The first-order valence-electron chi connectivity index (χ1n) is 6.47. The number of thioether (sulfide) groups is 1. The molecule has 0 fully saturated rings. The van der Waals surface area contributed by atoms with Gasteiger partial charge in [-0.3, -0.25) is 4.79 Å². The molecule has 5 nitrogen and oxygen atoms in total. The average molecular weight is 300 g/mol. The van der Waals surface area contributed by atoms with E-state index in [1.807, 2.05) is 26.8 Å². The molecule has 0 aliphatic heterocycles. The molecule has 0 amide bonds. The average Bonchev–Trinajstić information content (AvgIpc) is 2.97. The summed E-state index contributed by atoms with van der Waals surface area (Å²) in [5, 5.41) is 12.4. The van der Waals surface area contributed by atoms with Gasteiger partial charge in [-0.2, -0.15) is 10.4 Å². The van der Waals surface area contributed by atoms with Crippen LogP contribution in [0.1, 0.15) is 42.1 Å². The molecule has 6 heteroatoms. The van der Waals surface area contributed by atoms with E-state index < -0.39 is 5.37 Å². The van der Waals surface area contributed by atoms with Crippen molar-refractivity contribution in [2.24, 2.45) is 0 Å². The minimum absolute atomic E-state index is 0.0510. The largest absolute Gasteiger partial charge is 0.291 e. The van der Waals surface area contributed by atoms with Crippen LogP contribution in [0.15, 0.2) is 36.9 Å². The number of Topliss-reactive ketones (excluding diaryl/α,β-unsaturated/α-hetero) is 1. The Bertz CT molecular complexity index is 650. The molecule has 1 aromatic carbocycles. The van der Waals surface area contributed by atoms with Crippen LogP contribution in [-0.4, -0.2) is 25.3 Å². The lowest BCUT2D eigenvalue weighted by atomic mass is 10.1. The molecule has 108 valence electrons. The molecule has 21 heavy (non-hydrogen) atoms. The molecular weight excluding hydrogens is 284 g/mol. The Balaban J connectivity index is 2.31. The molecule has 1 unspecified atom stereocenters. The summed E-state index contributed by atoms with van der Waals surface area (Å²) >= 11 is 1.52. The van der Waals surface area contributed by atoms with Crippen molar-refractivity contribution in [1.29, 1.82) is 5.26 Å². The maximum atomic E-state index is 12.7. The van der Waals surface area contributed by atoms with Crippen molar-refractivity contribution in [2.45, 2.75) is 30.9 Å². The van der Waals surface area contributed by atoms with Crippen molar-refractivity contribution in [3.05, 3.63) is 48.0 Å². The van der Waals surface area contributed by atoms with Crippen molar-refractivity contribution in [2.75, 3.05) is 0 Å². The van der Waals surface area contributed by atoms with E-state index >= 15 is 0 Å². The van der Waals surface area contributed by atoms with E-state index in [0.29, 0.717) is 11.1 Å². The summed E-state index contributed by atoms with van der Waals surface area (Å²) in [7, 11) is 0. The first kappa shape index (κ1) is 15.3. The number of nitriles is 1. The Hall–Kier alpha value is -2.13. The molecule has 0 N–H and O–H groups in total. The second kappa shape index (κ2) is 6.10. The number of hydrogen-bond acceptors (Lipinski definition) is 5. The molecule has 0 radical (unpaired) electrons. The molecular formula is C15H16N4OS. The zero-order valence-electron chi connectivity index (χ0n) is 12.1. The summed E-state index contributed by atoms with van der Waals surface area (Å²) in [4.78, 5) is 16.6. The number of rotatable bonds is 4. The first-order chi connectivity index (χ1) is 9.90. The summed E-state index contributed by atoms with van der Waals surface area (Å²) in [6, 6.07) is 8.69. The van der Waals surface area contributed by atoms with E-state index in [-0.39, 0.29) is 10.5 Å². The van der Waals surface area contributed by atoms with E-state index in [2.05, 4.69) is 10.1 Å². The lowest BCUT2D eigenvalue weighted by Crippen LogP contribution is -2.23. The number of aromatic nitrogens is 3. The quantitative estimate of drug-likeness (QED) is 0.811. The fourth-order valence-electron chi connectivity index (χ4n) is 1.75. The monoisotopic (exact) mass is 300 g/mol. The number of hydrogen-bond donors (Lipinski definition) is 0. The fraction of sp³-hybridized carbons (Fsp3) is 0.333. The van der Waals surface area contributed by atoms with E-state index in [4.69, 9.17) is 5.26 Å². The third-order valence-corrected chi connectivity index (χ3v) is 4.03. The van der Waals surface area contributed by atoms with E-state index in [1.54, 1.807) is 35.3 Å². The van der Waals surface area contributed by atoms with Crippen molar-refractivity contribution in [3.63, 3.8) is 0 Å². The van der Waals surface area contributed by atoms with Gasteiger partial charge in [0.15, 0.2) is 11.2 Å². The fourth-order valence-corrected chi connectivity index (χ4v) is 2.88. The Kier molecular flexibility index (Phi) is 4.43. The van der Waals surface area contributed by atoms with Crippen LogP contribution in [0.25, 0.3) is 0 Å². The molecule has 1 atom stereocenters. The summed E-state index contributed by atoms with van der Waals surface area (Å²) in [5.74, 6) is -0.0510. The third kappa shape index (κ3) is 3.92. The Morgan fingerprint density at radius 2 is 2.00 bits per heavy atom. The van der Waals surface area contributed by atoms with Crippen molar-refractivity contribution < 1.29 is 4.79 Å². The maximum Gasteiger partial charge on any atom is 0.197 e. The molecule has 0 saturated heterocycles. The van der Waals surface area contributed by atoms with Crippen LogP contribution in [0.4, 0.5) is 0 Å². The molecule has 0 aliphatic rings. The summed E-state index contributed by atoms with van der Waals surface area (Å²) < 4.78 is 1.47. The second-order valence-electron chi connectivity index (χ2n) is 5.51. The number of carbonyl (C=O) groups is 1. The van der Waals surface area contributed by atoms with Gasteiger partial charge in [0.1, 0.15) is 12.7 Å². The topological polar surface area (TPSA) is 71.6 Å². The smallest absolute Gasteiger partial charge is 0.197 e. The van der Waals surface area contributed by atoms with Gasteiger partial charge in [0, 0.05) is 10.3 Å². The van der Waals surface area contributed by atoms with Gasteiger partial charge < -0.3 is 0 Å². The molecule has 2 rings (SSSR count). The minimum Gasteiger partial charge on any atom is -0.291 e. The van der Waals surface area contributed by atoms with Crippen LogP contribution in [0.3, 0.4) is 0 Å². The van der Waals surface area contributed by atoms with Gasteiger partial charge in [0.2, 0.25) is 0 Å². The van der Waals surface area contributed by atoms with E-state index in [0.717, 1.165) is 0 Å². The molecule has 0 aliphatic carbocycles. The Morgan fingerprint density at radius 1 is 1.33 bits per heavy atom. The number of benzene rings is 1. The van der Waals surface area contributed by atoms with Gasteiger partial charge in [-0.1, -0.05) is 20.8 Å². The van der Waals surface area contributed by atoms with Crippen LogP contribution >= 0.6 is 11.8 Å². The van der Waals surface area contributed by atoms with E-state index in [1.165, 1.54) is 18.1 Å². The molecule has 1 heterocycles. The summed E-state index contributed by atoms with van der Waals surface area (Å²) in [6.45, 7) is 6.15. The second-order valence-corrected chi connectivity index (χ2v) is 7.42. The van der Waals surface area contributed by atoms with Crippen LogP contribution in [0.2, 0.25) is 0 Å². The Labute approximate surface area is 128 Å². The maximum absolute atomic E-state index is 12.7. The highest BCUT2D eigenvalue weighted by atomic mass is 32.2. The molecule has 2 aromatic rings. The molecule has 0 saturated carbocycles. The highest BCUT2D eigenvalue weighted by Gasteiger charge is 2.28.